The summed E-state index contributed by atoms with van der Waals surface area (Å²) in [7, 11) is -5.01. The van der Waals surface area contributed by atoms with Gasteiger partial charge in [0.1, 0.15) is 49.3 Å². The highest BCUT2D eigenvalue weighted by Gasteiger charge is 2.51. The van der Waals surface area contributed by atoms with Crippen molar-refractivity contribution in [2.75, 3.05) is 13.2 Å². The van der Waals surface area contributed by atoms with Crippen molar-refractivity contribution >= 4 is 13.8 Å². The Morgan fingerprint density at radius 2 is 1.15 bits per heavy atom. The number of aliphatic hydroxyl groups is 6. The number of hydrogen-bond donors (Lipinski definition) is 7. The van der Waals surface area contributed by atoms with Crippen LogP contribution in [0.5, 0.6) is 0 Å². The summed E-state index contributed by atoms with van der Waals surface area (Å²) in [5.74, 6) is -0.640. The van der Waals surface area contributed by atoms with Gasteiger partial charge in [0.2, 0.25) is 0 Å². The van der Waals surface area contributed by atoms with Gasteiger partial charge in [-0.2, -0.15) is 0 Å². The molecule has 40 heavy (non-hydrogen) atoms. The number of esters is 1. The molecule has 6 unspecified atom stereocenters. The molecule has 1 rings (SSSR count). The molecule has 0 amide bonds. The lowest BCUT2D eigenvalue weighted by molar-refractivity contribution is -0.220. The van der Waals surface area contributed by atoms with Crippen LogP contribution in [0.3, 0.4) is 0 Å². The van der Waals surface area contributed by atoms with Crippen LogP contribution in [-0.4, -0.2) is 97.4 Å². The van der Waals surface area contributed by atoms with Gasteiger partial charge < -0.3 is 40.3 Å². The molecule has 0 aromatic carbocycles. The Balaban J connectivity index is 2.22. The highest BCUT2D eigenvalue weighted by molar-refractivity contribution is 7.47. The molecular formula is C27H43O12P. The van der Waals surface area contributed by atoms with Gasteiger partial charge in [-0.1, -0.05) is 67.7 Å². The molecule has 1 aliphatic rings. The van der Waals surface area contributed by atoms with Crippen LogP contribution < -0.4 is 0 Å². The predicted molar refractivity (Wildman–Crippen MR) is 147 cm³/mol. The molecule has 1 fully saturated rings. The van der Waals surface area contributed by atoms with Crippen LogP contribution in [0.15, 0.2) is 60.8 Å². The number of allylic oxidation sites excluding steroid dienone is 9. The number of phosphoric acid groups is 1. The Hall–Kier alpha value is -1.96. The average Bonchev–Trinajstić information content (AvgIpc) is 2.93. The van der Waals surface area contributed by atoms with Crippen molar-refractivity contribution in [3.05, 3.63) is 60.8 Å². The normalized spacial score (nSPS) is 28.3. The van der Waals surface area contributed by atoms with Gasteiger partial charge in [-0.25, -0.2) is 4.57 Å². The van der Waals surface area contributed by atoms with Crippen LogP contribution in [0.1, 0.15) is 45.4 Å². The lowest BCUT2D eigenvalue weighted by Gasteiger charge is -2.41. The average molecular weight is 591 g/mol. The molecule has 1 saturated carbocycles. The second-order valence-electron chi connectivity index (χ2n) is 9.04. The van der Waals surface area contributed by atoms with Gasteiger partial charge in [0, 0.05) is 0 Å². The molecule has 0 radical (unpaired) electrons. The smallest absolute Gasteiger partial charge is 0.463 e. The molecular weight excluding hydrogens is 547 g/mol. The third-order valence-electron chi connectivity index (χ3n) is 5.64. The molecule has 0 heterocycles. The zero-order valence-electron chi connectivity index (χ0n) is 22.6. The predicted octanol–water partition coefficient (Wildman–Crippen LogP) is 1.35. The minimum absolute atomic E-state index is 0.0450. The molecule has 0 bridgehead atoms. The Bertz CT molecular complexity index is 899. The molecule has 1 aliphatic carbocycles. The molecule has 0 aromatic rings. The summed E-state index contributed by atoms with van der Waals surface area (Å²) >= 11 is 0. The van der Waals surface area contributed by atoms with E-state index in [2.05, 4.69) is 52.4 Å². The number of carbonyl (C=O) groups is 1. The zero-order chi connectivity index (χ0) is 30.0. The third kappa shape index (κ3) is 14.6. The highest BCUT2D eigenvalue weighted by atomic mass is 31.2. The van der Waals surface area contributed by atoms with Crippen molar-refractivity contribution in [2.24, 2.45) is 0 Å². The van der Waals surface area contributed by atoms with Crippen molar-refractivity contribution in [3.8, 4) is 0 Å². The van der Waals surface area contributed by atoms with E-state index in [1.54, 1.807) is 12.2 Å². The van der Waals surface area contributed by atoms with E-state index in [1.165, 1.54) is 0 Å². The first kappa shape index (κ1) is 36.1. The van der Waals surface area contributed by atoms with Crippen molar-refractivity contribution in [2.45, 2.75) is 88.2 Å². The minimum Gasteiger partial charge on any atom is -0.463 e. The number of rotatable bonds is 18. The Kier molecular flexibility index (Phi) is 18.0. The molecule has 12 nitrogen and oxygen atoms in total. The van der Waals surface area contributed by atoms with Crippen molar-refractivity contribution in [3.63, 3.8) is 0 Å². The monoisotopic (exact) mass is 590 g/mol. The van der Waals surface area contributed by atoms with Gasteiger partial charge in [0.15, 0.2) is 0 Å². The SMILES string of the molecule is CC/C=C\C/C=C\C/C=C\C/C=C\C/C=C\CC(=O)OCC(O)COP(=O)(O)OC1C(O)C(O)C(O)C(O)C1O. The summed E-state index contributed by atoms with van der Waals surface area (Å²) < 4.78 is 26.2. The van der Waals surface area contributed by atoms with Gasteiger partial charge in [-0.05, 0) is 32.1 Å². The second-order valence-corrected chi connectivity index (χ2v) is 10.4. The first-order chi connectivity index (χ1) is 19.0. The molecule has 228 valence electrons. The summed E-state index contributed by atoms with van der Waals surface area (Å²) in [6.07, 6.45) is 11.0. The first-order valence-corrected chi connectivity index (χ1v) is 14.6. The Morgan fingerprint density at radius 3 is 1.62 bits per heavy atom. The number of phosphoric ester groups is 1. The maximum atomic E-state index is 12.1. The topological polar surface area (TPSA) is 203 Å². The van der Waals surface area contributed by atoms with Gasteiger partial charge in [-0.15, -0.1) is 0 Å². The summed E-state index contributed by atoms with van der Waals surface area (Å²) in [6.45, 7) is 0.753. The summed E-state index contributed by atoms with van der Waals surface area (Å²) in [5.41, 5.74) is 0. The van der Waals surface area contributed by atoms with Crippen LogP contribution in [0.2, 0.25) is 0 Å². The van der Waals surface area contributed by atoms with Crippen molar-refractivity contribution in [1.82, 2.24) is 0 Å². The maximum absolute atomic E-state index is 12.1. The lowest BCUT2D eigenvalue weighted by Crippen LogP contribution is -2.64. The van der Waals surface area contributed by atoms with Gasteiger partial charge >= 0.3 is 13.8 Å². The molecule has 6 atom stereocenters. The summed E-state index contributed by atoms with van der Waals surface area (Å²) in [4.78, 5) is 21.6. The fourth-order valence-corrected chi connectivity index (χ4v) is 4.39. The Labute approximate surface area is 234 Å². The number of carbonyl (C=O) groups excluding carboxylic acids is 1. The zero-order valence-corrected chi connectivity index (χ0v) is 23.5. The van der Waals surface area contributed by atoms with Gasteiger partial charge in [0.25, 0.3) is 0 Å². The van der Waals surface area contributed by atoms with E-state index in [1.807, 2.05) is 12.2 Å². The Morgan fingerprint density at radius 1 is 0.725 bits per heavy atom. The lowest BCUT2D eigenvalue weighted by atomic mass is 9.85. The number of ether oxygens (including phenoxy) is 1. The van der Waals surface area contributed by atoms with E-state index in [-0.39, 0.29) is 6.42 Å². The summed E-state index contributed by atoms with van der Waals surface area (Å²) in [6, 6.07) is 0. The standard InChI is InChI=1S/C27H43O12P/c1-2-3-4-5-6-7-8-9-10-11-12-13-14-15-16-17-21(29)37-18-20(28)19-38-40(35,36)39-27-25(33)23(31)22(30)24(32)26(27)34/h3-4,6-7,9-10,12-13,15-16,20,22-28,30-34H,2,5,8,11,14,17-19H2,1H3,(H,35,36)/b4-3-,7-6-,10-9-,13-12-,16-15-. The molecule has 13 heteroatoms. The van der Waals surface area contributed by atoms with E-state index >= 15 is 0 Å². The maximum Gasteiger partial charge on any atom is 0.472 e. The quantitative estimate of drug-likeness (QED) is 0.0687. The fraction of sp³-hybridized carbons (Fsp3) is 0.593. The minimum atomic E-state index is -5.01. The first-order valence-electron chi connectivity index (χ1n) is 13.1. The largest absolute Gasteiger partial charge is 0.472 e. The highest BCUT2D eigenvalue weighted by Crippen LogP contribution is 2.47. The van der Waals surface area contributed by atoms with Crippen LogP contribution in [0.4, 0.5) is 0 Å². The van der Waals surface area contributed by atoms with Gasteiger partial charge in [0.05, 0.1) is 13.0 Å². The number of hydrogen-bond acceptors (Lipinski definition) is 11. The van der Waals surface area contributed by atoms with Gasteiger partial charge in [-0.3, -0.25) is 13.8 Å². The van der Waals surface area contributed by atoms with E-state index in [4.69, 9.17) is 4.74 Å². The molecule has 0 spiro atoms. The van der Waals surface area contributed by atoms with Crippen molar-refractivity contribution < 1.29 is 58.7 Å². The van der Waals surface area contributed by atoms with E-state index in [9.17, 15) is 44.9 Å². The summed E-state index contributed by atoms with van der Waals surface area (Å²) in [5, 5.41) is 58.4. The third-order valence-corrected chi connectivity index (χ3v) is 6.62. The second kappa shape index (κ2) is 20.0. The van der Waals surface area contributed by atoms with Crippen molar-refractivity contribution in [1.29, 1.82) is 0 Å². The van der Waals surface area contributed by atoms with Crippen LogP contribution >= 0.6 is 7.82 Å². The number of aliphatic hydroxyl groups excluding tert-OH is 6. The van der Waals surface area contributed by atoms with E-state index in [0.29, 0.717) is 6.42 Å². The van der Waals surface area contributed by atoms with Crippen LogP contribution in [0, 0.1) is 0 Å². The molecule has 7 N–H and O–H groups in total. The molecule has 0 saturated heterocycles. The molecule has 0 aromatic heterocycles. The van der Waals surface area contributed by atoms with Crippen LogP contribution in [0.25, 0.3) is 0 Å². The fourth-order valence-electron chi connectivity index (χ4n) is 3.41. The van der Waals surface area contributed by atoms with Crippen LogP contribution in [-0.2, 0) is 23.1 Å². The van der Waals surface area contributed by atoms with E-state index < -0.39 is 69.7 Å². The van der Waals surface area contributed by atoms with E-state index in [0.717, 1.165) is 25.7 Å². The molecule has 0 aliphatic heterocycles.